The average molecular weight is 294 g/mol. The number of carbonyl (C=O) groups excluding carboxylic acids is 1. The smallest absolute Gasteiger partial charge is 0.243 e. The molecule has 0 spiro atoms. The van der Waals surface area contributed by atoms with Crippen molar-refractivity contribution in [1.82, 2.24) is 15.5 Å². The Morgan fingerprint density at radius 1 is 1.10 bits per heavy atom. The topological polar surface area (TPSA) is 56.7 Å². The van der Waals surface area contributed by atoms with E-state index in [1.54, 1.807) is 19.0 Å². The molecule has 0 atom stereocenters. The average Bonchev–Trinajstić information content (AvgIpc) is 3.21. The second kappa shape index (κ2) is 6.67. The maximum Gasteiger partial charge on any atom is 0.243 e. The SMILES string of the molecule is CN(C)C(=O)CN=C(NC1CC1)NC1CCC(C)(C)CC1. The van der Waals surface area contributed by atoms with Crippen LogP contribution in [0.25, 0.3) is 0 Å². The zero-order valence-corrected chi connectivity index (χ0v) is 13.9. The number of hydrogen-bond donors (Lipinski definition) is 2. The highest BCUT2D eigenvalue weighted by atomic mass is 16.2. The van der Waals surface area contributed by atoms with Gasteiger partial charge >= 0.3 is 0 Å². The molecule has 0 heterocycles. The minimum Gasteiger partial charge on any atom is -0.354 e. The van der Waals surface area contributed by atoms with Gasteiger partial charge in [-0.15, -0.1) is 0 Å². The molecule has 2 aliphatic rings. The van der Waals surface area contributed by atoms with Gasteiger partial charge in [0.2, 0.25) is 5.91 Å². The Kier molecular flexibility index (Phi) is 5.12. The largest absolute Gasteiger partial charge is 0.354 e. The number of likely N-dealkylation sites (N-methyl/N-ethyl adjacent to an activating group) is 1. The van der Waals surface area contributed by atoms with Crippen molar-refractivity contribution in [3.05, 3.63) is 0 Å². The van der Waals surface area contributed by atoms with E-state index in [-0.39, 0.29) is 12.5 Å². The third-order valence-corrected chi connectivity index (χ3v) is 4.47. The molecule has 5 heteroatoms. The summed E-state index contributed by atoms with van der Waals surface area (Å²) < 4.78 is 0. The van der Waals surface area contributed by atoms with Crippen LogP contribution in [-0.4, -0.2) is 49.5 Å². The number of hydrogen-bond acceptors (Lipinski definition) is 2. The fourth-order valence-electron chi connectivity index (χ4n) is 2.58. The second-order valence-corrected chi connectivity index (χ2v) is 7.45. The molecule has 5 nitrogen and oxygen atoms in total. The molecule has 2 aliphatic carbocycles. The van der Waals surface area contributed by atoms with Crippen LogP contribution in [0.15, 0.2) is 4.99 Å². The molecule has 0 bridgehead atoms. The summed E-state index contributed by atoms with van der Waals surface area (Å²) in [7, 11) is 3.53. The lowest BCUT2D eigenvalue weighted by Crippen LogP contribution is -2.46. The Morgan fingerprint density at radius 3 is 2.10 bits per heavy atom. The Morgan fingerprint density at radius 2 is 1.62 bits per heavy atom. The lowest BCUT2D eigenvalue weighted by atomic mass is 9.75. The first kappa shape index (κ1) is 16.1. The van der Waals surface area contributed by atoms with Crippen LogP contribution in [0.4, 0.5) is 0 Å². The van der Waals surface area contributed by atoms with Crippen LogP contribution in [0.1, 0.15) is 52.4 Å². The fourth-order valence-corrected chi connectivity index (χ4v) is 2.58. The normalized spacial score (nSPS) is 22.8. The third-order valence-electron chi connectivity index (χ3n) is 4.47. The van der Waals surface area contributed by atoms with Gasteiger partial charge in [-0.2, -0.15) is 0 Å². The summed E-state index contributed by atoms with van der Waals surface area (Å²) in [6.07, 6.45) is 7.27. The minimum absolute atomic E-state index is 0.0386. The standard InChI is InChI=1S/C16H30N4O/c1-16(2)9-7-13(8-10-16)19-15(18-12-5-6-12)17-11-14(21)20(3)4/h12-13H,5-11H2,1-4H3,(H2,17,18,19). The summed E-state index contributed by atoms with van der Waals surface area (Å²) >= 11 is 0. The first-order chi connectivity index (χ1) is 9.85. The van der Waals surface area contributed by atoms with Crippen molar-refractivity contribution < 1.29 is 4.79 Å². The van der Waals surface area contributed by atoms with Gasteiger partial charge in [-0.05, 0) is 43.9 Å². The van der Waals surface area contributed by atoms with Gasteiger partial charge in [-0.1, -0.05) is 13.8 Å². The molecule has 0 aliphatic heterocycles. The van der Waals surface area contributed by atoms with Crippen LogP contribution in [-0.2, 0) is 4.79 Å². The lowest BCUT2D eigenvalue weighted by molar-refractivity contribution is -0.127. The number of guanidine groups is 1. The number of amides is 1. The highest BCUT2D eigenvalue weighted by Crippen LogP contribution is 2.35. The predicted octanol–water partition coefficient (Wildman–Crippen LogP) is 1.74. The predicted molar refractivity (Wildman–Crippen MR) is 86.3 cm³/mol. The number of aliphatic imine (C=N–C) groups is 1. The maximum atomic E-state index is 11.7. The summed E-state index contributed by atoms with van der Waals surface area (Å²) in [5, 5.41) is 6.95. The highest BCUT2D eigenvalue weighted by Gasteiger charge is 2.28. The van der Waals surface area contributed by atoms with E-state index in [4.69, 9.17) is 0 Å². The quantitative estimate of drug-likeness (QED) is 0.613. The van der Waals surface area contributed by atoms with Crippen LogP contribution in [0.2, 0.25) is 0 Å². The summed E-state index contributed by atoms with van der Waals surface area (Å²) in [5.74, 6) is 0.856. The van der Waals surface area contributed by atoms with Crippen LogP contribution in [0, 0.1) is 5.41 Å². The molecule has 0 aromatic rings. The number of carbonyl (C=O) groups is 1. The van der Waals surface area contributed by atoms with E-state index in [9.17, 15) is 4.79 Å². The molecular formula is C16H30N4O. The third kappa shape index (κ3) is 5.56. The van der Waals surface area contributed by atoms with Crippen molar-refractivity contribution in [3.8, 4) is 0 Å². The van der Waals surface area contributed by atoms with Gasteiger partial charge in [0.25, 0.3) is 0 Å². The van der Waals surface area contributed by atoms with Crippen molar-refractivity contribution in [2.75, 3.05) is 20.6 Å². The van der Waals surface area contributed by atoms with Crippen molar-refractivity contribution in [1.29, 1.82) is 0 Å². The number of nitrogens with one attached hydrogen (secondary N) is 2. The lowest BCUT2D eigenvalue weighted by Gasteiger charge is -2.35. The van der Waals surface area contributed by atoms with E-state index in [2.05, 4.69) is 29.5 Å². The molecule has 2 N–H and O–H groups in total. The highest BCUT2D eigenvalue weighted by molar-refractivity contribution is 5.85. The molecule has 0 aromatic heterocycles. The summed E-state index contributed by atoms with van der Waals surface area (Å²) in [4.78, 5) is 17.7. The fraction of sp³-hybridized carbons (Fsp3) is 0.875. The summed E-state index contributed by atoms with van der Waals surface area (Å²) in [5.41, 5.74) is 0.473. The van der Waals surface area contributed by atoms with E-state index in [1.165, 1.54) is 38.5 Å². The van der Waals surface area contributed by atoms with Gasteiger partial charge in [-0.3, -0.25) is 4.79 Å². The van der Waals surface area contributed by atoms with Crippen LogP contribution in [0.3, 0.4) is 0 Å². The van der Waals surface area contributed by atoms with Gasteiger partial charge in [0, 0.05) is 26.2 Å². The number of rotatable bonds is 4. The maximum absolute atomic E-state index is 11.7. The molecule has 2 rings (SSSR count). The zero-order valence-electron chi connectivity index (χ0n) is 13.9. The molecule has 21 heavy (non-hydrogen) atoms. The van der Waals surface area contributed by atoms with Gasteiger partial charge in [0.15, 0.2) is 5.96 Å². The van der Waals surface area contributed by atoms with E-state index >= 15 is 0 Å². The van der Waals surface area contributed by atoms with Gasteiger partial charge in [0.05, 0.1) is 0 Å². The minimum atomic E-state index is 0.0386. The summed E-state index contributed by atoms with van der Waals surface area (Å²) in [6, 6.07) is 1.03. The van der Waals surface area contributed by atoms with Gasteiger partial charge in [0.1, 0.15) is 6.54 Å². The van der Waals surface area contributed by atoms with E-state index in [0.29, 0.717) is 17.5 Å². The van der Waals surface area contributed by atoms with Crippen molar-refractivity contribution in [2.24, 2.45) is 10.4 Å². The Labute approximate surface area is 128 Å². The Hall–Kier alpha value is -1.26. The van der Waals surface area contributed by atoms with Crippen LogP contribution >= 0.6 is 0 Å². The van der Waals surface area contributed by atoms with E-state index in [1.807, 2.05) is 0 Å². The Bertz CT molecular complexity index is 389. The molecule has 0 saturated heterocycles. The van der Waals surface area contributed by atoms with Gasteiger partial charge < -0.3 is 15.5 Å². The molecule has 2 fully saturated rings. The molecule has 0 radical (unpaired) electrons. The molecule has 2 saturated carbocycles. The molecule has 1 amide bonds. The molecular weight excluding hydrogens is 264 g/mol. The summed E-state index contributed by atoms with van der Waals surface area (Å²) in [6.45, 7) is 4.90. The zero-order chi connectivity index (χ0) is 15.5. The van der Waals surface area contributed by atoms with E-state index in [0.717, 1.165) is 5.96 Å². The van der Waals surface area contributed by atoms with Crippen molar-refractivity contribution >= 4 is 11.9 Å². The number of nitrogens with zero attached hydrogens (tertiary/aromatic N) is 2. The van der Waals surface area contributed by atoms with Crippen LogP contribution < -0.4 is 10.6 Å². The van der Waals surface area contributed by atoms with E-state index < -0.39 is 0 Å². The Balaban J connectivity index is 1.87. The monoisotopic (exact) mass is 294 g/mol. The first-order valence-electron chi connectivity index (χ1n) is 8.13. The molecule has 0 unspecified atom stereocenters. The first-order valence-corrected chi connectivity index (χ1v) is 8.13. The van der Waals surface area contributed by atoms with Crippen molar-refractivity contribution in [3.63, 3.8) is 0 Å². The van der Waals surface area contributed by atoms with Gasteiger partial charge in [-0.25, -0.2) is 4.99 Å². The van der Waals surface area contributed by atoms with Crippen molar-refractivity contribution in [2.45, 2.75) is 64.5 Å². The second-order valence-electron chi connectivity index (χ2n) is 7.45. The molecule has 0 aromatic carbocycles. The molecule has 120 valence electrons. The van der Waals surface area contributed by atoms with Crippen LogP contribution in [0.5, 0.6) is 0 Å².